The Balaban J connectivity index is 2.11. The molecule has 0 spiro atoms. The molecule has 0 radical (unpaired) electrons. The summed E-state index contributed by atoms with van der Waals surface area (Å²) in [5.41, 5.74) is 0.214. The van der Waals surface area contributed by atoms with Crippen LogP contribution in [0.1, 0.15) is 20.7 Å². The monoisotopic (exact) mass is 310 g/mol. The van der Waals surface area contributed by atoms with Crippen LogP contribution in [-0.4, -0.2) is 58.7 Å². The number of benzene rings is 1. The van der Waals surface area contributed by atoms with E-state index in [1.54, 1.807) is 6.07 Å². The van der Waals surface area contributed by atoms with Gasteiger partial charge in [-0.15, -0.1) is 0 Å². The van der Waals surface area contributed by atoms with Gasteiger partial charge in [0.05, 0.1) is 45.2 Å². The Morgan fingerprint density at radius 2 is 1.86 bits per heavy atom. The van der Waals surface area contributed by atoms with Crippen molar-refractivity contribution in [2.75, 3.05) is 40.6 Å². The first kappa shape index (κ1) is 16.3. The van der Waals surface area contributed by atoms with Gasteiger partial charge in [0.2, 0.25) is 0 Å². The molecule has 1 unspecified atom stereocenters. The van der Waals surface area contributed by atoms with Crippen molar-refractivity contribution in [2.24, 2.45) is 0 Å². The van der Waals surface area contributed by atoms with Crippen LogP contribution < -0.4 is 4.74 Å². The highest BCUT2D eigenvalue weighted by atomic mass is 16.6. The van der Waals surface area contributed by atoms with E-state index in [0.717, 1.165) is 0 Å². The molecule has 1 heterocycles. The molecule has 1 aromatic carbocycles. The maximum absolute atomic E-state index is 11.8. The smallest absolute Gasteiger partial charge is 0.338 e. The van der Waals surface area contributed by atoms with Crippen LogP contribution in [0.3, 0.4) is 0 Å². The van der Waals surface area contributed by atoms with E-state index in [0.29, 0.717) is 25.6 Å². The third-order valence-corrected chi connectivity index (χ3v) is 3.12. The summed E-state index contributed by atoms with van der Waals surface area (Å²) in [6.45, 7) is 1.86. The molecule has 1 atom stereocenters. The van der Waals surface area contributed by atoms with Gasteiger partial charge in [-0.2, -0.15) is 0 Å². The Bertz CT molecular complexity index is 535. The zero-order chi connectivity index (χ0) is 15.9. The van der Waals surface area contributed by atoms with Crippen LogP contribution in [0, 0.1) is 0 Å². The topological polar surface area (TPSA) is 80.3 Å². The lowest BCUT2D eigenvalue weighted by molar-refractivity contribution is -0.101. The van der Waals surface area contributed by atoms with Crippen molar-refractivity contribution in [3.63, 3.8) is 0 Å². The van der Waals surface area contributed by atoms with Crippen LogP contribution in [0.5, 0.6) is 5.75 Å². The zero-order valence-corrected chi connectivity index (χ0v) is 12.5. The molecule has 1 aliphatic heterocycles. The fourth-order valence-electron chi connectivity index (χ4n) is 2.00. The lowest BCUT2D eigenvalue weighted by Crippen LogP contribution is -2.33. The van der Waals surface area contributed by atoms with Crippen molar-refractivity contribution < 1.29 is 33.3 Å². The van der Waals surface area contributed by atoms with Gasteiger partial charge < -0.3 is 23.7 Å². The second kappa shape index (κ2) is 7.77. The van der Waals surface area contributed by atoms with Crippen LogP contribution in [0.15, 0.2) is 18.2 Å². The van der Waals surface area contributed by atoms with E-state index in [2.05, 4.69) is 9.47 Å². The molecule has 120 valence electrons. The molecule has 0 N–H and O–H groups in total. The fourth-order valence-corrected chi connectivity index (χ4v) is 2.00. The molecule has 2 rings (SSSR count). The largest absolute Gasteiger partial charge is 0.491 e. The molecular formula is C15H18O7. The third-order valence-electron chi connectivity index (χ3n) is 3.12. The van der Waals surface area contributed by atoms with Crippen LogP contribution in [0.25, 0.3) is 0 Å². The third kappa shape index (κ3) is 3.96. The number of hydrogen-bond acceptors (Lipinski definition) is 7. The van der Waals surface area contributed by atoms with E-state index < -0.39 is 11.9 Å². The Morgan fingerprint density at radius 1 is 1.14 bits per heavy atom. The van der Waals surface area contributed by atoms with Crippen LogP contribution in [0.2, 0.25) is 0 Å². The summed E-state index contributed by atoms with van der Waals surface area (Å²) < 4.78 is 25.6. The molecule has 1 aliphatic rings. The number of carbonyl (C=O) groups is 2. The molecule has 1 aromatic rings. The zero-order valence-electron chi connectivity index (χ0n) is 12.5. The molecule has 0 saturated carbocycles. The van der Waals surface area contributed by atoms with Crippen LogP contribution in [-0.2, 0) is 18.9 Å². The van der Waals surface area contributed by atoms with Crippen molar-refractivity contribution in [3.8, 4) is 5.75 Å². The van der Waals surface area contributed by atoms with Gasteiger partial charge in [-0.1, -0.05) is 0 Å². The minimum Gasteiger partial charge on any atom is -0.491 e. The number of ether oxygens (including phenoxy) is 5. The summed E-state index contributed by atoms with van der Waals surface area (Å²) >= 11 is 0. The van der Waals surface area contributed by atoms with Crippen molar-refractivity contribution in [2.45, 2.75) is 6.10 Å². The summed E-state index contributed by atoms with van der Waals surface area (Å²) in [4.78, 5) is 23.4. The molecule has 0 aliphatic carbocycles. The van der Waals surface area contributed by atoms with E-state index in [-0.39, 0.29) is 23.8 Å². The summed E-state index contributed by atoms with van der Waals surface area (Å²) in [6, 6.07) is 4.50. The molecule has 0 bridgehead atoms. The highest BCUT2D eigenvalue weighted by molar-refractivity contribution is 6.03. The number of esters is 2. The molecule has 7 nitrogen and oxygen atoms in total. The normalized spacial score (nSPS) is 17.6. The lowest BCUT2D eigenvalue weighted by Gasteiger charge is -2.23. The van der Waals surface area contributed by atoms with Crippen LogP contribution >= 0.6 is 0 Å². The van der Waals surface area contributed by atoms with Crippen molar-refractivity contribution >= 4 is 11.9 Å². The molecular weight excluding hydrogens is 292 g/mol. The Kier molecular flexibility index (Phi) is 5.74. The van der Waals surface area contributed by atoms with Gasteiger partial charge in [0, 0.05) is 0 Å². The first-order valence-corrected chi connectivity index (χ1v) is 6.78. The van der Waals surface area contributed by atoms with E-state index in [1.807, 2.05) is 0 Å². The summed E-state index contributed by atoms with van der Waals surface area (Å²) in [5.74, 6) is -0.818. The molecule has 0 aromatic heterocycles. The van der Waals surface area contributed by atoms with Gasteiger partial charge in [0.15, 0.2) is 0 Å². The minimum absolute atomic E-state index is 0.0904. The maximum Gasteiger partial charge on any atom is 0.338 e. The predicted octanol–water partition coefficient (Wildman–Crippen LogP) is 1.05. The standard InChI is InChI=1S/C15H18O7/c1-18-14(16)12-4-3-10(7-13(12)15(17)19-2)22-9-11-8-20-5-6-21-11/h3-4,7,11H,5-6,8-9H2,1-2H3. The highest BCUT2D eigenvalue weighted by Gasteiger charge is 2.20. The fraction of sp³-hybridized carbons (Fsp3) is 0.467. The van der Waals surface area contributed by atoms with E-state index in [1.165, 1.54) is 26.4 Å². The maximum atomic E-state index is 11.8. The van der Waals surface area contributed by atoms with Gasteiger partial charge in [-0.25, -0.2) is 9.59 Å². The number of rotatable bonds is 5. The van der Waals surface area contributed by atoms with Gasteiger partial charge in [0.1, 0.15) is 18.5 Å². The molecule has 7 heteroatoms. The van der Waals surface area contributed by atoms with Crippen LogP contribution in [0.4, 0.5) is 0 Å². The Hall–Kier alpha value is -2.12. The number of hydrogen-bond donors (Lipinski definition) is 0. The van der Waals surface area contributed by atoms with Crippen molar-refractivity contribution in [3.05, 3.63) is 29.3 Å². The van der Waals surface area contributed by atoms with Gasteiger partial charge >= 0.3 is 11.9 Å². The highest BCUT2D eigenvalue weighted by Crippen LogP contribution is 2.20. The average Bonchev–Trinajstić information content (AvgIpc) is 2.59. The van der Waals surface area contributed by atoms with Gasteiger partial charge in [-0.05, 0) is 18.2 Å². The van der Waals surface area contributed by atoms with Gasteiger partial charge in [0.25, 0.3) is 0 Å². The van der Waals surface area contributed by atoms with Gasteiger partial charge in [-0.3, -0.25) is 0 Å². The summed E-state index contributed by atoms with van der Waals surface area (Å²) in [7, 11) is 2.48. The summed E-state index contributed by atoms with van der Waals surface area (Å²) in [5, 5.41) is 0. The minimum atomic E-state index is -0.636. The average molecular weight is 310 g/mol. The number of carbonyl (C=O) groups excluding carboxylic acids is 2. The Morgan fingerprint density at radius 3 is 2.50 bits per heavy atom. The second-order valence-corrected chi connectivity index (χ2v) is 4.57. The SMILES string of the molecule is COC(=O)c1ccc(OCC2COCCO2)cc1C(=O)OC. The summed E-state index contributed by atoms with van der Waals surface area (Å²) in [6.07, 6.45) is -0.157. The molecule has 0 amide bonds. The first-order valence-electron chi connectivity index (χ1n) is 6.78. The lowest BCUT2D eigenvalue weighted by atomic mass is 10.1. The quantitative estimate of drug-likeness (QED) is 0.752. The molecule has 22 heavy (non-hydrogen) atoms. The number of methoxy groups -OCH3 is 2. The second-order valence-electron chi connectivity index (χ2n) is 4.57. The van der Waals surface area contributed by atoms with Crippen molar-refractivity contribution in [1.82, 2.24) is 0 Å². The van der Waals surface area contributed by atoms with Crippen molar-refractivity contribution in [1.29, 1.82) is 0 Å². The Labute approximate surface area is 128 Å². The van der Waals surface area contributed by atoms with E-state index in [4.69, 9.17) is 14.2 Å². The molecule has 1 saturated heterocycles. The molecule has 1 fully saturated rings. The predicted molar refractivity (Wildman–Crippen MR) is 75.2 cm³/mol. The van der Waals surface area contributed by atoms with E-state index >= 15 is 0 Å². The first-order chi connectivity index (χ1) is 10.7. The van der Waals surface area contributed by atoms with E-state index in [9.17, 15) is 9.59 Å².